The summed E-state index contributed by atoms with van der Waals surface area (Å²) in [5.74, 6) is 0.680. The summed E-state index contributed by atoms with van der Waals surface area (Å²) in [6.45, 7) is 5.27. The molecule has 1 aromatic carbocycles. The van der Waals surface area contributed by atoms with E-state index in [-0.39, 0.29) is 5.91 Å². The number of amides is 2. The van der Waals surface area contributed by atoms with Crippen molar-refractivity contribution in [2.75, 3.05) is 26.2 Å². The van der Waals surface area contributed by atoms with Gasteiger partial charge in [-0.3, -0.25) is 9.59 Å². The predicted molar refractivity (Wildman–Crippen MR) is 97.8 cm³/mol. The highest BCUT2D eigenvalue weighted by atomic mass is 16.2. The molecule has 0 radical (unpaired) electrons. The minimum Gasteiger partial charge on any atom is -0.343 e. The molecule has 136 valence electrons. The maximum atomic E-state index is 12.6. The molecule has 2 aliphatic heterocycles. The Morgan fingerprint density at radius 1 is 1.04 bits per heavy atom. The van der Waals surface area contributed by atoms with Crippen LogP contribution in [0.3, 0.4) is 0 Å². The van der Waals surface area contributed by atoms with Crippen molar-refractivity contribution in [1.29, 1.82) is 0 Å². The largest absolute Gasteiger partial charge is 0.343 e. The third-order valence-corrected chi connectivity index (χ3v) is 5.55. The fourth-order valence-corrected chi connectivity index (χ4v) is 3.81. The van der Waals surface area contributed by atoms with Crippen LogP contribution in [-0.4, -0.2) is 47.8 Å². The van der Waals surface area contributed by atoms with Crippen molar-refractivity contribution in [3.8, 4) is 0 Å². The molecule has 2 fully saturated rings. The number of hydrogen-bond acceptors (Lipinski definition) is 3. The van der Waals surface area contributed by atoms with Gasteiger partial charge >= 0.3 is 0 Å². The quantitative estimate of drug-likeness (QED) is 0.912. The van der Waals surface area contributed by atoms with Crippen molar-refractivity contribution < 1.29 is 9.59 Å². The Balaban J connectivity index is 1.48. The zero-order chi connectivity index (χ0) is 17.8. The Morgan fingerprint density at radius 3 is 2.24 bits per heavy atom. The molecule has 3 rings (SSSR count). The zero-order valence-corrected chi connectivity index (χ0v) is 15.1. The highest BCUT2D eigenvalue weighted by molar-refractivity contribution is 5.83. The van der Waals surface area contributed by atoms with Crippen LogP contribution >= 0.6 is 0 Å². The molecule has 2 amide bonds. The monoisotopic (exact) mass is 343 g/mol. The van der Waals surface area contributed by atoms with Crippen molar-refractivity contribution in [2.45, 2.75) is 45.1 Å². The van der Waals surface area contributed by atoms with Gasteiger partial charge in [0, 0.05) is 32.6 Å². The molecule has 0 spiro atoms. The second kappa shape index (κ2) is 8.00. The number of rotatable bonds is 4. The van der Waals surface area contributed by atoms with Crippen LogP contribution < -0.4 is 5.73 Å². The van der Waals surface area contributed by atoms with Crippen LogP contribution in [0.25, 0.3) is 0 Å². The molecular formula is C20H29N3O2. The number of carbonyl (C=O) groups is 2. The number of carbonyl (C=O) groups excluding carboxylic acids is 2. The number of piperidine rings is 1. The third kappa shape index (κ3) is 4.40. The topological polar surface area (TPSA) is 66.6 Å². The Labute approximate surface area is 150 Å². The minimum atomic E-state index is -0.594. The molecule has 0 bridgehead atoms. The smallest absolute Gasteiger partial charge is 0.244 e. The van der Waals surface area contributed by atoms with Crippen molar-refractivity contribution >= 4 is 11.8 Å². The van der Waals surface area contributed by atoms with Gasteiger partial charge in [0.1, 0.15) is 6.04 Å². The van der Waals surface area contributed by atoms with Crippen molar-refractivity contribution in [3.63, 3.8) is 0 Å². The van der Waals surface area contributed by atoms with Crippen LogP contribution in [0.4, 0.5) is 0 Å². The molecular weight excluding hydrogens is 314 g/mol. The standard InChI is InChI=1S/C20H29N3O2/c1-15-4-6-17(7-5-15)19(21)20(25)23-12-8-16(9-13-23)14-18(24)22-10-2-3-11-22/h4-7,16,19H,2-3,8-14,21H2,1H3. The van der Waals surface area contributed by atoms with Gasteiger partial charge in [0.25, 0.3) is 0 Å². The lowest BCUT2D eigenvalue weighted by molar-refractivity contribution is -0.134. The van der Waals surface area contributed by atoms with E-state index in [1.807, 2.05) is 41.0 Å². The number of aryl methyl sites for hydroxylation is 1. The molecule has 0 aromatic heterocycles. The van der Waals surface area contributed by atoms with Gasteiger partial charge in [0.05, 0.1) is 0 Å². The minimum absolute atomic E-state index is 0.00632. The summed E-state index contributed by atoms with van der Waals surface area (Å²) in [5, 5.41) is 0. The lowest BCUT2D eigenvalue weighted by Crippen LogP contribution is -2.44. The van der Waals surface area contributed by atoms with E-state index in [2.05, 4.69) is 0 Å². The second-order valence-corrected chi connectivity index (χ2v) is 7.45. The number of likely N-dealkylation sites (tertiary alicyclic amines) is 2. The molecule has 1 unspecified atom stereocenters. The maximum Gasteiger partial charge on any atom is 0.244 e. The van der Waals surface area contributed by atoms with E-state index in [4.69, 9.17) is 5.73 Å². The molecule has 1 atom stereocenters. The summed E-state index contributed by atoms with van der Waals surface area (Å²) < 4.78 is 0. The predicted octanol–water partition coefficient (Wildman–Crippen LogP) is 2.25. The summed E-state index contributed by atoms with van der Waals surface area (Å²) in [6, 6.07) is 7.24. The molecule has 2 heterocycles. The van der Waals surface area contributed by atoms with Crippen LogP contribution in [0.2, 0.25) is 0 Å². The highest BCUT2D eigenvalue weighted by Crippen LogP contribution is 2.24. The van der Waals surface area contributed by atoms with Gasteiger partial charge in [0.2, 0.25) is 11.8 Å². The van der Waals surface area contributed by atoms with Crippen LogP contribution in [-0.2, 0) is 9.59 Å². The second-order valence-electron chi connectivity index (χ2n) is 7.45. The van der Waals surface area contributed by atoms with E-state index in [9.17, 15) is 9.59 Å². The first kappa shape index (κ1) is 17.9. The molecule has 5 heteroatoms. The molecule has 1 aromatic rings. The summed E-state index contributed by atoms with van der Waals surface area (Å²) >= 11 is 0. The van der Waals surface area contributed by atoms with Gasteiger partial charge < -0.3 is 15.5 Å². The number of benzene rings is 1. The average molecular weight is 343 g/mol. The summed E-state index contributed by atoms with van der Waals surface area (Å²) in [7, 11) is 0. The lowest BCUT2D eigenvalue weighted by Gasteiger charge is -2.34. The van der Waals surface area contributed by atoms with Gasteiger partial charge in [-0.1, -0.05) is 29.8 Å². The van der Waals surface area contributed by atoms with E-state index in [0.29, 0.717) is 31.3 Å². The van der Waals surface area contributed by atoms with Crippen molar-refractivity contribution in [1.82, 2.24) is 9.80 Å². The first-order valence-corrected chi connectivity index (χ1v) is 9.43. The van der Waals surface area contributed by atoms with Crippen LogP contribution in [0.1, 0.15) is 49.3 Å². The summed E-state index contributed by atoms with van der Waals surface area (Å²) in [6.07, 6.45) is 4.69. The van der Waals surface area contributed by atoms with E-state index >= 15 is 0 Å². The summed E-state index contributed by atoms with van der Waals surface area (Å²) in [4.78, 5) is 28.8. The number of nitrogens with zero attached hydrogens (tertiary/aromatic N) is 2. The fourth-order valence-electron chi connectivity index (χ4n) is 3.81. The van der Waals surface area contributed by atoms with Crippen LogP contribution in [0.15, 0.2) is 24.3 Å². The molecule has 0 saturated carbocycles. The van der Waals surface area contributed by atoms with E-state index in [1.54, 1.807) is 0 Å². The number of nitrogens with two attached hydrogens (primary N) is 1. The van der Waals surface area contributed by atoms with Crippen LogP contribution in [0, 0.1) is 12.8 Å². The highest BCUT2D eigenvalue weighted by Gasteiger charge is 2.29. The van der Waals surface area contributed by atoms with Crippen molar-refractivity contribution in [3.05, 3.63) is 35.4 Å². The molecule has 5 nitrogen and oxygen atoms in total. The first-order valence-electron chi connectivity index (χ1n) is 9.43. The molecule has 2 saturated heterocycles. The Kier molecular flexibility index (Phi) is 5.74. The molecule has 25 heavy (non-hydrogen) atoms. The van der Waals surface area contributed by atoms with Gasteiger partial charge in [-0.2, -0.15) is 0 Å². The first-order chi connectivity index (χ1) is 12.0. The van der Waals surface area contributed by atoms with Gasteiger partial charge in [-0.15, -0.1) is 0 Å². The zero-order valence-electron chi connectivity index (χ0n) is 15.1. The Morgan fingerprint density at radius 2 is 1.64 bits per heavy atom. The van der Waals surface area contributed by atoms with Gasteiger partial charge in [0.15, 0.2) is 0 Å². The van der Waals surface area contributed by atoms with Gasteiger partial charge in [-0.05, 0) is 44.1 Å². The SMILES string of the molecule is Cc1ccc(C(N)C(=O)N2CCC(CC(=O)N3CCCC3)CC2)cc1. The molecule has 2 N–H and O–H groups in total. The van der Waals surface area contributed by atoms with Crippen molar-refractivity contribution in [2.24, 2.45) is 11.7 Å². The number of hydrogen-bond donors (Lipinski definition) is 1. The lowest BCUT2D eigenvalue weighted by atomic mass is 9.92. The Hall–Kier alpha value is -1.88. The van der Waals surface area contributed by atoms with Crippen LogP contribution in [0.5, 0.6) is 0 Å². The van der Waals surface area contributed by atoms with Gasteiger partial charge in [-0.25, -0.2) is 0 Å². The summed E-state index contributed by atoms with van der Waals surface area (Å²) in [5.41, 5.74) is 8.19. The maximum absolute atomic E-state index is 12.6. The average Bonchev–Trinajstić information content (AvgIpc) is 3.17. The molecule has 0 aliphatic carbocycles. The third-order valence-electron chi connectivity index (χ3n) is 5.55. The van der Waals surface area contributed by atoms with E-state index in [0.717, 1.165) is 49.9 Å². The van der Waals surface area contributed by atoms with E-state index < -0.39 is 6.04 Å². The fraction of sp³-hybridized carbons (Fsp3) is 0.600. The Bertz CT molecular complexity index is 600. The van der Waals surface area contributed by atoms with E-state index in [1.165, 1.54) is 0 Å². The normalized spacial score (nSPS) is 19.9. The molecule has 2 aliphatic rings.